The summed E-state index contributed by atoms with van der Waals surface area (Å²) in [5.41, 5.74) is 2.38. The Bertz CT molecular complexity index is 566. The lowest BCUT2D eigenvalue weighted by molar-refractivity contribution is -0.121. The monoisotopic (exact) mass is 317 g/mol. The Morgan fingerprint density at radius 2 is 2.26 bits per heavy atom. The first-order valence-electron chi connectivity index (χ1n) is 8.45. The molecule has 0 bridgehead atoms. The van der Waals surface area contributed by atoms with Crippen molar-refractivity contribution in [3.63, 3.8) is 0 Å². The summed E-state index contributed by atoms with van der Waals surface area (Å²) < 4.78 is 5.07. The van der Waals surface area contributed by atoms with E-state index in [0.29, 0.717) is 12.2 Å². The number of allylic oxidation sites excluding steroid dienone is 1. The molecular formula is C19H27NO3. The number of nitrogens with one attached hydrogen (secondary N) is 1. The smallest absolute Gasteiger partial charge is 0.224 e. The van der Waals surface area contributed by atoms with Gasteiger partial charge in [0.2, 0.25) is 5.91 Å². The van der Waals surface area contributed by atoms with Crippen LogP contribution in [0.15, 0.2) is 29.8 Å². The molecule has 0 fully saturated rings. The second-order valence-corrected chi connectivity index (χ2v) is 6.19. The van der Waals surface area contributed by atoms with E-state index >= 15 is 0 Å². The molecule has 1 aromatic carbocycles. The number of carbonyl (C=O) groups excluding carboxylic acids is 1. The molecule has 0 spiro atoms. The quantitative estimate of drug-likeness (QED) is 0.753. The summed E-state index contributed by atoms with van der Waals surface area (Å²) in [5.74, 6) is 0.512. The van der Waals surface area contributed by atoms with E-state index in [4.69, 9.17) is 4.74 Å². The Hall–Kier alpha value is -1.97. The van der Waals surface area contributed by atoms with Gasteiger partial charge < -0.3 is 15.2 Å². The van der Waals surface area contributed by atoms with Crippen molar-refractivity contribution in [2.75, 3.05) is 7.11 Å². The molecule has 126 valence electrons. The van der Waals surface area contributed by atoms with E-state index in [1.807, 2.05) is 0 Å². The SMILES string of the molecule is CCCCC1=CCC(NC(=O)Cc2ccc(O)c(OC)c2)CC1. The number of aromatic hydroxyl groups is 1. The first-order chi connectivity index (χ1) is 11.1. The van der Waals surface area contributed by atoms with Crippen molar-refractivity contribution < 1.29 is 14.6 Å². The van der Waals surface area contributed by atoms with Crippen LogP contribution in [0, 0.1) is 0 Å². The molecule has 0 aromatic heterocycles. The van der Waals surface area contributed by atoms with Gasteiger partial charge in [-0.25, -0.2) is 0 Å². The van der Waals surface area contributed by atoms with Crippen molar-refractivity contribution in [1.29, 1.82) is 0 Å². The minimum Gasteiger partial charge on any atom is -0.504 e. The standard InChI is InChI=1S/C19H27NO3/c1-3-4-5-14-6-9-16(10-7-14)20-19(22)13-15-8-11-17(21)18(12-15)23-2/h6,8,11-12,16,21H,3-5,7,9-10,13H2,1-2H3,(H,20,22). The molecule has 0 radical (unpaired) electrons. The number of rotatable bonds is 7. The van der Waals surface area contributed by atoms with E-state index in [9.17, 15) is 9.90 Å². The predicted octanol–water partition coefficient (Wildman–Crippen LogP) is 3.73. The van der Waals surface area contributed by atoms with Crippen LogP contribution in [0.1, 0.15) is 51.0 Å². The zero-order valence-corrected chi connectivity index (χ0v) is 14.1. The number of ether oxygens (including phenoxy) is 1. The molecule has 1 aromatic rings. The highest BCUT2D eigenvalue weighted by molar-refractivity contribution is 5.79. The van der Waals surface area contributed by atoms with Gasteiger partial charge >= 0.3 is 0 Å². The molecule has 1 amide bonds. The lowest BCUT2D eigenvalue weighted by Crippen LogP contribution is -2.36. The zero-order valence-electron chi connectivity index (χ0n) is 14.1. The van der Waals surface area contributed by atoms with Gasteiger partial charge in [-0.15, -0.1) is 0 Å². The van der Waals surface area contributed by atoms with Crippen molar-refractivity contribution in [2.45, 2.75) is 57.9 Å². The average Bonchev–Trinajstić information content (AvgIpc) is 2.56. The summed E-state index contributed by atoms with van der Waals surface area (Å²) in [6, 6.07) is 5.26. The zero-order chi connectivity index (χ0) is 16.7. The summed E-state index contributed by atoms with van der Waals surface area (Å²) in [4.78, 5) is 12.2. The van der Waals surface area contributed by atoms with Crippen molar-refractivity contribution >= 4 is 5.91 Å². The van der Waals surface area contributed by atoms with Gasteiger partial charge in [0.15, 0.2) is 11.5 Å². The maximum absolute atomic E-state index is 12.2. The number of phenolic OH excluding ortho intramolecular Hbond substituents is 1. The van der Waals surface area contributed by atoms with Crippen LogP contribution in [0.3, 0.4) is 0 Å². The Morgan fingerprint density at radius 1 is 1.43 bits per heavy atom. The van der Waals surface area contributed by atoms with Gasteiger partial charge in [-0.2, -0.15) is 0 Å². The van der Waals surface area contributed by atoms with Crippen LogP contribution in [0.2, 0.25) is 0 Å². The topological polar surface area (TPSA) is 58.6 Å². The summed E-state index contributed by atoms with van der Waals surface area (Å²) in [6.45, 7) is 2.21. The van der Waals surface area contributed by atoms with Crippen LogP contribution < -0.4 is 10.1 Å². The van der Waals surface area contributed by atoms with E-state index in [-0.39, 0.29) is 17.7 Å². The molecular weight excluding hydrogens is 290 g/mol. The van der Waals surface area contributed by atoms with Gasteiger partial charge in [-0.3, -0.25) is 4.79 Å². The molecule has 0 aliphatic heterocycles. The van der Waals surface area contributed by atoms with Crippen LogP contribution in [0.4, 0.5) is 0 Å². The van der Waals surface area contributed by atoms with Crippen LogP contribution in [-0.2, 0) is 11.2 Å². The summed E-state index contributed by atoms with van der Waals surface area (Å²) in [6.07, 6.45) is 9.35. The van der Waals surface area contributed by atoms with Gasteiger partial charge in [0, 0.05) is 6.04 Å². The fourth-order valence-corrected chi connectivity index (χ4v) is 2.95. The van der Waals surface area contributed by atoms with E-state index < -0.39 is 0 Å². The highest BCUT2D eigenvalue weighted by atomic mass is 16.5. The van der Waals surface area contributed by atoms with Crippen LogP contribution in [0.5, 0.6) is 11.5 Å². The second-order valence-electron chi connectivity index (χ2n) is 6.19. The number of carbonyl (C=O) groups is 1. The molecule has 1 atom stereocenters. The minimum absolute atomic E-state index is 0.0214. The van der Waals surface area contributed by atoms with Gasteiger partial charge in [0.05, 0.1) is 13.5 Å². The lowest BCUT2D eigenvalue weighted by atomic mass is 9.92. The Balaban J connectivity index is 1.83. The van der Waals surface area contributed by atoms with E-state index in [1.54, 1.807) is 23.8 Å². The third-order valence-corrected chi connectivity index (χ3v) is 4.33. The van der Waals surface area contributed by atoms with E-state index in [2.05, 4.69) is 18.3 Å². The summed E-state index contributed by atoms with van der Waals surface area (Å²) >= 11 is 0. The molecule has 0 saturated carbocycles. The average molecular weight is 317 g/mol. The maximum Gasteiger partial charge on any atom is 0.224 e. The Labute approximate surface area is 138 Å². The van der Waals surface area contributed by atoms with Crippen molar-refractivity contribution in [3.05, 3.63) is 35.4 Å². The van der Waals surface area contributed by atoms with Crippen molar-refractivity contribution in [2.24, 2.45) is 0 Å². The number of hydrogen-bond donors (Lipinski definition) is 2. The summed E-state index contributed by atoms with van der Waals surface area (Å²) in [5, 5.41) is 12.7. The first-order valence-corrected chi connectivity index (χ1v) is 8.45. The molecule has 1 aliphatic rings. The molecule has 1 aliphatic carbocycles. The number of phenols is 1. The number of benzene rings is 1. The number of unbranched alkanes of at least 4 members (excludes halogenated alkanes) is 1. The lowest BCUT2D eigenvalue weighted by Gasteiger charge is -2.23. The highest BCUT2D eigenvalue weighted by Gasteiger charge is 2.16. The van der Waals surface area contributed by atoms with Crippen molar-refractivity contribution in [3.8, 4) is 11.5 Å². The second kappa shape index (κ2) is 8.61. The molecule has 0 saturated heterocycles. The minimum atomic E-state index is 0.0214. The fraction of sp³-hybridized carbons (Fsp3) is 0.526. The fourth-order valence-electron chi connectivity index (χ4n) is 2.95. The van der Waals surface area contributed by atoms with Crippen LogP contribution >= 0.6 is 0 Å². The van der Waals surface area contributed by atoms with Crippen molar-refractivity contribution in [1.82, 2.24) is 5.32 Å². The van der Waals surface area contributed by atoms with Crippen LogP contribution in [0.25, 0.3) is 0 Å². The summed E-state index contributed by atoms with van der Waals surface area (Å²) in [7, 11) is 1.50. The van der Waals surface area contributed by atoms with E-state index in [0.717, 1.165) is 24.8 Å². The Morgan fingerprint density at radius 3 is 2.91 bits per heavy atom. The number of methoxy groups -OCH3 is 1. The third-order valence-electron chi connectivity index (χ3n) is 4.33. The number of hydrogen-bond acceptors (Lipinski definition) is 3. The maximum atomic E-state index is 12.2. The third kappa shape index (κ3) is 5.31. The molecule has 0 heterocycles. The molecule has 2 rings (SSSR count). The highest BCUT2D eigenvalue weighted by Crippen LogP contribution is 2.26. The molecule has 2 N–H and O–H groups in total. The molecule has 4 heteroatoms. The van der Waals surface area contributed by atoms with Gasteiger partial charge in [0.1, 0.15) is 0 Å². The van der Waals surface area contributed by atoms with Gasteiger partial charge in [-0.05, 0) is 49.8 Å². The molecule has 23 heavy (non-hydrogen) atoms. The van der Waals surface area contributed by atoms with Gasteiger partial charge in [0.25, 0.3) is 0 Å². The van der Waals surface area contributed by atoms with E-state index in [1.165, 1.54) is 26.4 Å². The molecule has 1 unspecified atom stereocenters. The molecule has 4 nitrogen and oxygen atoms in total. The van der Waals surface area contributed by atoms with Crippen LogP contribution in [-0.4, -0.2) is 24.2 Å². The largest absolute Gasteiger partial charge is 0.504 e. The Kier molecular flexibility index (Phi) is 6.51. The van der Waals surface area contributed by atoms with Gasteiger partial charge in [-0.1, -0.05) is 31.1 Å². The normalized spacial score (nSPS) is 17.5. The first kappa shape index (κ1) is 17.4. The number of amides is 1. The predicted molar refractivity (Wildman–Crippen MR) is 91.8 cm³/mol.